The average molecular weight is 359 g/mol. The number of rotatable bonds is 4. The van der Waals surface area contributed by atoms with Crippen LogP contribution in [0.3, 0.4) is 0 Å². The molecule has 2 aliphatic heterocycles. The van der Waals surface area contributed by atoms with Gasteiger partial charge in [-0.15, -0.1) is 0 Å². The smallest absolute Gasteiger partial charge is 0.258 e. The Morgan fingerprint density at radius 3 is 2.42 bits per heavy atom. The predicted octanol–water partition coefficient (Wildman–Crippen LogP) is 2.25. The number of nitrogens with zero attached hydrogens (tertiary/aromatic N) is 2. The first-order valence-corrected chi connectivity index (χ1v) is 9.45. The fourth-order valence-corrected chi connectivity index (χ4v) is 4.00. The van der Waals surface area contributed by atoms with Gasteiger partial charge in [-0.25, -0.2) is 0 Å². The molecule has 142 valence electrons. The quantitative estimate of drug-likeness (QED) is 0.896. The summed E-state index contributed by atoms with van der Waals surface area (Å²) in [5.74, 6) is 0.721. The standard InChI is InChI=1S/C20H29N3O3/c1-14(2)23(15(3)4)18(24)13-22-11-9-20(10-12-22)21-19(25)16-7-5-6-8-17(16)26-20/h5-8,14-15H,9-13H2,1-4H3,(H,21,25). The number of likely N-dealkylation sites (tertiary alicyclic amines) is 1. The summed E-state index contributed by atoms with van der Waals surface area (Å²) in [6.45, 7) is 10.0. The molecular weight excluding hydrogens is 330 g/mol. The Morgan fingerprint density at radius 2 is 1.81 bits per heavy atom. The zero-order valence-corrected chi connectivity index (χ0v) is 16.1. The van der Waals surface area contributed by atoms with E-state index in [-0.39, 0.29) is 23.9 Å². The molecule has 1 saturated heterocycles. The Hall–Kier alpha value is -2.08. The molecule has 0 unspecified atom stereocenters. The van der Waals surface area contributed by atoms with Crippen LogP contribution in [0.2, 0.25) is 0 Å². The van der Waals surface area contributed by atoms with Crippen molar-refractivity contribution in [3.8, 4) is 5.75 Å². The van der Waals surface area contributed by atoms with Crippen molar-refractivity contribution in [2.24, 2.45) is 0 Å². The van der Waals surface area contributed by atoms with Crippen molar-refractivity contribution in [2.75, 3.05) is 19.6 Å². The molecule has 1 aromatic rings. The monoisotopic (exact) mass is 359 g/mol. The van der Waals surface area contributed by atoms with Crippen LogP contribution in [0.1, 0.15) is 50.9 Å². The van der Waals surface area contributed by atoms with Crippen molar-refractivity contribution in [3.63, 3.8) is 0 Å². The second kappa shape index (κ2) is 7.27. The van der Waals surface area contributed by atoms with Gasteiger partial charge < -0.3 is 15.0 Å². The van der Waals surface area contributed by atoms with Crippen molar-refractivity contribution in [1.29, 1.82) is 0 Å². The van der Waals surface area contributed by atoms with E-state index in [0.29, 0.717) is 30.7 Å². The summed E-state index contributed by atoms with van der Waals surface area (Å²) >= 11 is 0. The lowest BCUT2D eigenvalue weighted by Gasteiger charge is -2.44. The molecular formula is C20H29N3O3. The Labute approximate surface area is 155 Å². The maximum Gasteiger partial charge on any atom is 0.258 e. The van der Waals surface area contributed by atoms with E-state index in [1.54, 1.807) is 6.07 Å². The number of carbonyl (C=O) groups excluding carboxylic acids is 2. The van der Waals surface area contributed by atoms with Gasteiger partial charge in [-0.1, -0.05) is 12.1 Å². The van der Waals surface area contributed by atoms with Crippen LogP contribution < -0.4 is 10.1 Å². The van der Waals surface area contributed by atoms with Gasteiger partial charge in [0.15, 0.2) is 5.72 Å². The number of amides is 2. The number of fused-ring (bicyclic) bond motifs is 1. The highest BCUT2D eigenvalue weighted by Crippen LogP contribution is 2.33. The second-order valence-corrected chi connectivity index (χ2v) is 7.81. The lowest BCUT2D eigenvalue weighted by atomic mass is 9.97. The van der Waals surface area contributed by atoms with Crippen LogP contribution >= 0.6 is 0 Å². The van der Waals surface area contributed by atoms with E-state index < -0.39 is 5.72 Å². The van der Waals surface area contributed by atoms with Gasteiger partial charge in [-0.3, -0.25) is 14.5 Å². The van der Waals surface area contributed by atoms with Gasteiger partial charge in [0, 0.05) is 38.0 Å². The van der Waals surface area contributed by atoms with Gasteiger partial charge in [0.1, 0.15) is 5.75 Å². The molecule has 2 amide bonds. The van der Waals surface area contributed by atoms with Crippen molar-refractivity contribution in [1.82, 2.24) is 15.1 Å². The fourth-order valence-electron chi connectivity index (χ4n) is 4.00. The van der Waals surface area contributed by atoms with E-state index in [4.69, 9.17) is 4.74 Å². The first-order chi connectivity index (χ1) is 12.3. The Kier molecular flexibility index (Phi) is 5.23. The molecule has 1 N–H and O–H groups in total. The average Bonchev–Trinajstić information content (AvgIpc) is 2.56. The fraction of sp³-hybridized carbons (Fsp3) is 0.600. The summed E-state index contributed by atoms with van der Waals surface area (Å²) in [6.07, 6.45) is 1.34. The Balaban J connectivity index is 1.61. The Morgan fingerprint density at radius 1 is 1.19 bits per heavy atom. The van der Waals surface area contributed by atoms with E-state index >= 15 is 0 Å². The molecule has 0 aromatic heterocycles. The summed E-state index contributed by atoms with van der Waals surface area (Å²) in [5.41, 5.74) is -0.0685. The normalized spacial score (nSPS) is 19.2. The molecule has 3 rings (SSSR count). The largest absolute Gasteiger partial charge is 0.467 e. The lowest BCUT2D eigenvalue weighted by molar-refractivity contribution is -0.137. The number of ether oxygens (including phenoxy) is 1. The van der Waals surface area contributed by atoms with E-state index in [1.165, 1.54) is 0 Å². The zero-order valence-electron chi connectivity index (χ0n) is 16.1. The van der Waals surface area contributed by atoms with Gasteiger partial charge in [-0.2, -0.15) is 0 Å². The maximum absolute atomic E-state index is 12.7. The molecule has 6 heteroatoms. The van der Waals surface area contributed by atoms with Crippen LogP contribution in [0.5, 0.6) is 5.75 Å². The molecule has 0 saturated carbocycles. The van der Waals surface area contributed by atoms with Gasteiger partial charge in [0.25, 0.3) is 5.91 Å². The van der Waals surface area contributed by atoms with Gasteiger partial charge in [0.2, 0.25) is 5.91 Å². The lowest BCUT2D eigenvalue weighted by Crippen LogP contribution is -2.61. The molecule has 2 aliphatic rings. The molecule has 0 aliphatic carbocycles. The van der Waals surface area contributed by atoms with Crippen molar-refractivity contribution < 1.29 is 14.3 Å². The third-order valence-electron chi connectivity index (χ3n) is 5.20. The molecule has 26 heavy (non-hydrogen) atoms. The van der Waals surface area contributed by atoms with Crippen LogP contribution in [0.15, 0.2) is 24.3 Å². The minimum Gasteiger partial charge on any atom is -0.467 e. The number of para-hydroxylation sites is 1. The number of hydrogen-bond acceptors (Lipinski definition) is 4. The first kappa shape index (κ1) is 18.7. The molecule has 2 heterocycles. The number of benzene rings is 1. The van der Waals surface area contributed by atoms with E-state index in [9.17, 15) is 9.59 Å². The molecule has 0 bridgehead atoms. The summed E-state index contributed by atoms with van der Waals surface area (Å²) in [7, 11) is 0. The van der Waals surface area contributed by atoms with Gasteiger partial charge in [-0.05, 0) is 39.8 Å². The first-order valence-electron chi connectivity index (χ1n) is 9.45. The van der Waals surface area contributed by atoms with Crippen molar-refractivity contribution in [2.45, 2.75) is 58.3 Å². The molecule has 1 aromatic carbocycles. The SMILES string of the molecule is CC(C)N(C(=O)CN1CCC2(CC1)NC(=O)c1ccccc1O2)C(C)C. The van der Waals surface area contributed by atoms with Gasteiger partial charge >= 0.3 is 0 Å². The summed E-state index contributed by atoms with van der Waals surface area (Å²) in [5, 5.41) is 3.04. The van der Waals surface area contributed by atoms with Gasteiger partial charge in [0.05, 0.1) is 12.1 Å². The molecule has 6 nitrogen and oxygen atoms in total. The summed E-state index contributed by atoms with van der Waals surface area (Å²) in [4.78, 5) is 29.1. The van der Waals surface area contributed by atoms with E-state index in [1.807, 2.05) is 50.8 Å². The van der Waals surface area contributed by atoms with Crippen LogP contribution in [0.4, 0.5) is 0 Å². The van der Waals surface area contributed by atoms with Crippen LogP contribution in [0, 0.1) is 0 Å². The molecule has 0 atom stereocenters. The van der Waals surface area contributed by atoms with Crippen LogP contribution in [-0.4, -0.2) is 59.1 Å². The van der Waals surface area contributed by atoms with Crippen LogP contribution in [-0.2, 0) is 4.79 Å². The topological polar surface area (TPSA) is 61.9 Å². The highest BCUT2D eigenvalue weighted by Gasteiger charge is 2.42. The zero-order chi connectivity index (χ0) is 18.9. The molecule has 1 spiro atoms. The molecule has 0 radical (unpaired) electrons. The van der Waals surface area contributed by atoms with E-state index in [0.717, 1.165) is 13.1 Å². The summed E-state index contributed by atoms with van der Waals surface area (Å²) in [6, 6.07) is 7.72. The number of nitrogens with one attached hydrogen (secondary N) is 1. The van der Waals surface area contributed by atoms with Crippen LogP contribution in [0.25, 0.3) is 0 Å². The second-order valence-electron chi connectivity index (χ2n) is 7.81. The third-order valence-corrected chi connectivity index (χ3v) is 5.20. The number of hydrogen-bond donors (Lipinski definition) is 1. The minimum atomic E-state index is -0.652. The number of carbonyl (C=O) groups is 2. The third kappa shape index (κ3) is 3.70. The van der Waals surface area contributed by atoms with Crippen molar-refractivity contribution in [3.05, 3.63) is 29.8 Å². The molecule has 1 fully saturated rings. The highest BCUT2D eigenvalue weighted by atomic mass is 16.5. The number of piperidine rings is 1. The van der Waals surface area contributed by atoms with Crippen molar-refractivity contribution >= 4 is 11.8 Å². The highest BCUT2D eigenvalue weighted by molar-refractivity contribution is 5.98. The maximum atomic E-state index is 12.7. The van der Waals surface area contributed by atoms with E-state index in [2.05, 4.69) is 10.2 Å². The minimum absolute atomic E-state index is 0.0813. The summed E-state index contributed by atoms with van der Waals surface area (Å²) < 4.78 is 6.15. The Bertz CT molecular complexity index is 671. The predicted molar refractivity (Wildman–Crippen MR) is 100 cm³/mol.